The van der Waals surface area contributed by atoms with Gasteiger partial charge in [0.2, 0.25) is 0 Å². The van der Waals surface area contributed by atoms with E-state index in [2.05, 4.69) is 4.90 Å². The Labute approximate surface area is 92.8 Å². The molecule has 86 valence electrons. The molecule has 2 fully saturated rings. The zero-order chi connectivity index (χ0) is 11.2. The van der Waals surface area contributed by atoms with E-state index in [4.69, 9.17) is 4.74 Å². The third-order valence-corrected chi connectivity index (χ3v) is 3.36. The molecule has 16 heavy (non-hydrogen) atoms. The molecule has 0 bridgehead atoms. The highest BCUT2D eigenvalue weighted by Crippen LogP contribution is 2.38. The minimum atomic E-state index is -0.764. The van der Waals surface area contributed by atoms with Crippen LogP contribution < -0.4 is 0 Å². The number of likely N-dealkylation sites (tertiary alicyclic amines) is 1. The van der Waals surface area contributed by atoms with Crippen LogP contribution in [0.25, 0.3) is 0 Å². The number of nitrogens with zero attached hydrogens (tertiary/aromatic N) is 1. The summed E-state index contributed by atoms with van der Waals surface area (Å²) >= 11 is 0. The molecular formula is C12H13F2NO. The van der Waals surface area contributed by atoms with E-state index < -0.39 is 11.6 Å². The quantitative estimate of drug-likeness (QED) is 0.761. The van der Waals surface area contributed by atoms with Gasteiger partial charge in [-0.3, -0.25) is 4.90 Å². The van der Waals surface area contributed by atoms with Crippen molar-refractivity contribution in [1.29, 1.82) is 0 Å². The van der Waals surface area contributed by atoms with Gasteiger partial charge in [-0.05, 0) is 6.07 Å². The first-order valence-corrected chi connectivity index (χ1v) is 5.42. The Kier molecular flexibility index (Phi) is 2.23. The molecular weight excluding hydrogens is 212 g/mol. The molecule has 2 nitrogen and oxygen atoms in total. The minimum Gasteiger partial charge on any atom is -0.380 e. The highest BCUT2D eigenvalue weighted by atomic mass is 19.2. The third kappa shape index (κ3) is 1.53. The van der Waals surface area contributed by atoms with Crippen molar-refractivity contribution in [2.24, 2.45) is 5.41 Å². The van der Waals surface area contributed by atoms with E-state index >= 15 is 0 Å². The Hall–Kier alpha value is -1.00. The van der Waals surface area contributed by atoms with E-state index in [1.54, 1.807) is 12.1 Å². The van der Waals surface area contributed by atoms with Gasteiger partial charge in [0, 0.05) is 30.6 Å². The van der Waals surface area contributed by atoms with Crippen LogP contribution in [0.2, 0.25) is 0 Å². The van der Waals surface area contributed by atoms with Gasteiger partial charge in [0.15, 0.2) is 11.6 Å². The first-order valence-electron chi connectivity index (χ1n) is 5.42. The highest BCUT2D eigenvalue weighted by molar-refractivity contribution is 5.19. The van der Waals surface area contributed by atoms with Crippen LogP contribution in [0.4, 0.5) is 8.78 Å². The van der Waals surface area contributed by atoms with Crippen LogP contribution in [-0.2, 0) is 11.3 Å². The average Bonchev–Trinajstić information content (AvgIpc) is 2.14. The fraction of sp³-hybridized carbons (Fsp3) is 0.500. The molecule has 0 amide bonds. The smallest absolute Gasteiger partial charge is 0.163 e. The molecule has 0 aliphatic carbocycles. The molecule has 3 rings (SSSR count). The molecule has 1 aromatic carbocycles. The van der Waals surface area contributed by atoms with Gasteiger partial charge in [0.25, 0.3) is 0 Å². The molecule has 0 saturated carbocycles. The monoisotopic (exact) mass is 225 g/mol. The van der Waals surface area contributed by atoms with Gasteiger partial charge >= 0.3 is 0 Å². The zero-order valence-electron chi connectivity index (χ0n) is 8.88. The Bertz CT molecular complexity index is 409. The summed E-state index contributed by atoms with van der Waals surface area (Å²) in [5.41, 5.74) is 0.763. The Morgan fingerprint density at radius 2 is 2.00 bits per heavy atom. The number of hydrogen-bond donors (Lipinski definition) is 0. The number of rotatable bonds is 2. The molecule has 2 heterocycles. The maximum Gasteiger partial charge on any atom is 0.163 e. The van der Waals surface area contributed by atoms with Crippen molar-refractivity contribution >= 4 is 0 Å². The van der Waals surface area contributed by atoms with Crippen molar-refractivity contribution in [3.8, 4) is 0 Å². The number of hydrogen-bond acceptors (Lipinski definition) is 2. The lowest BCUT2D eigenvalue weighted by atomic mass is 9.78. The zero-order valence-corrected chi connectivity index (χ0v) is 8.88. The molecule has 2 saturated heterocycles. The van der Waals surface area contributed by atoms with Crippen molar-refractivity contribution in [2.45, 2.75) is 6.54 Å². The summed E-state index contributed by atoms with van der Waals surface area (Å²) in [6.45, 7) is 3.99. The number of ether oxygens (including phenoxy) is 1. The van der Waals surface area contributed by atoms with Crippen molar-refractivity contribution in [1.82, 2.24) is 4.90 Å². The van der Waals surface area contributed by atoms with Gasteiger partial charge in [0.05, 0.1) is 13.2 Å². The molecule has 1 spiro atoms. The van der Waals surface area contributed by atoms with Gasteiger partial charge in [-0.15, -0.1) is 0 Å². The summed E-state index contributed by atoms with van der Waals surface area (Å²) in [6.07, 6.45) is 0. The first-order chi connectivity index (χ1) is 7.69. The van der Waals surface area contributed by atoms with Crippen LogP contribution in [-0.4, -0.2) is 31.2 Å². The SMILES string of the molecule is Fc1cccc(CN2CC3(COC3)C2)c1F. The van der Waals surface area contributed by atoms with E-state index in [-0.39, 0.29) is 0 Å². The lowest BCUT2D eigenvalue weighted by Crippen LogP contribution is -2.65. The van der Waals surface area contributed by atoms with Gasteiger partial charge in [-0.1, -0.05) is 12.1 Å². The lowest BCUT2D eigenvalue weighted by molar-refractivity contribution is -0.191. The topological polar surface area (TPSA) is 12.5 Å². The van der Waals surface area contributed by atoms with Crippen LogP contribution in [0.3, 0.4) is 0 Å². The van der Waals surface area contributed by atoms with E-state index in [1.807, 2.05) is 0 Å². The molecule has 0 unspecified atom stereocenters. The van der Waals surface area contributed by atoms with Crippen molar-refractivity contribution in [2.75, 3.05) is 26.3 Å². The summed E-state index contributed by atoms with van der Waals surface area (Å²) in [4.78, 5) is 2.13. The van der Waals surface area contributed by atoms with Gasteiger partial charge < -0.3 is 4.74 Å². The largest absolute Gasteiger partial charge is 0.380 e. The van der Waals surface area contributed by atoms with E-state index in [9.17, 15) is 8.78 Å². The second-order valence-corrected chi connectivity index (χ2v) is 4.85. The maximum atomic E-state index is 13.4. The Morgan fingerprint density at radius 1 is 1.25 bits per heavy atom. The standard InChI is InChI=1S/C12H13F2NO/c13-10-3-1-2-9(11(10)14)4-15-5-12(6-15)7-16-8-12/h1-3H,4-8H2. The van der Waals surface area contributed by atoms with Crippen LogP contribution in [0.15, 0.2) is 18.2 Å². The minimum absolute atomic E-state index is 0.323. The molecule has 0 radical (unpaired) electrons. The summed E-state index contributed by atoms with van der Waals surface area (Å²) in [6, 6.07) is 4.34. The van der Waals surface area contributed by atoms with Gasteiger partial charge in [0.1, 0.15) is 0 Å². The van der Waals surface area contributed by atoms with Crippen LogP contribution in [0.1, 0.15) is 5.56 Å². The second-order valence-electron chi connectivity index (χ2n) is 4.85. The molecule has 2 aliphatic heterocycles. The third-order valence-electron chi connectivity index (χ3n) is 3.36. The number of benzene rings is 1. The van der Waals surface area contributed by atoms with Crippen LogP contribution >= 0.6 is 0 Å². The Balaban J connectivity index is 1.65. The van der Waals surface area contributed by atoms with E-state index in [1.165, 1.54) is 0 Å². The molecule has 2 aliphatic rings. The van der Waals surface area contributed by atoms with Crippen molar-refractivity contribution in [3.63, 3.8) is 0 Å². The van der Waals surface area contributed by atoms with Crippen LogP contribution in [0, 0.1) is 17.0 Å². The molecule has 4 heteroatoms. The normalized spacial score (nSPS) is 22.9. The average molecular weight is 225 g/mol. The summed E-state index contributed by atoms with van der Waals surface area (Å²) in [5, 5.41) is 0. The first kappa shape index (κ1) is 10.2. The predicted octanol–water partition coefficient (Wildman–Crippen LogP) is 1.80. The van der Waals surface area contributed by atoms with Crippen molar-refractivity contribution < 1.29 is 13.5 Å². The predicted molar refractivity (Wildman–Crippen MR) is 54.9 cm³/mol. The van der Waals surface area contributed by atoms with Gasteiger partial charge in [-0.2, -0.15) is 0 Å². The molecule has 0 N–H and O–H groups in total. The summed E-state index contributed by atoms with van der Waals surface area (Å²) in [7, 11) is 0. The molecule has 0 aromatic heterocycles. The highest BCUT2D eigenvalue weighted by Gasteiger charge is 2.48. The maximum absolute atomic E-state index is 13.4. The second kappa shape index (κ2) is 3.50. The lowest BCUT2D eigenvalue weighted by Gasteiger charge is -2.55. The fourth-order valence-electron chi connectivity index (χ4n) is 2.50. The van der Waals surface area contributed by atoms with E-state index in [0.717, 1.165) is 32.4 Å². The fourth-order valence-corrected chi connectivity index (χ4v) is 2.50. The van der Waals surface area contributed by atoms with Crippen molar-refractivity contribution in [3.05, 3.63) is 35.4 Å². The number of halogens is 2. The summed E-state index contributed by atoms with van der Waals surface area (Å²) < 4.78 is 31.5. The summed E-state index contributed by atoms with van der Waals surface area (Å²) in [5.74, 6) is -1.48. The van der Waals surface area contributed by atoms with Gasteiger partial charge in [-0.25, -0.2) is 8.78 Å². The van der Waals surface area contributed by atoms with Crippen LogP contribution in [0.5, 0.6) is 0 Å². The Morgan fingerprint density at radius 3 is 2.62 bits per heavy atom. The molecule has 1 aromatic rings. The molecule has 0 atom stereocenters. The van der Waals surface area contributed by atoms with E-state index in [0.29, 0.717) is 17.5 Å².